The fraction of sp³-hybridized carbons (Fsp3) is 0.351. The Morgan fingerprint density at radius 1 is 0.959 bits per heavy atom. The van der Waals surface area contributed by atoms with Crippen LogP contribution in [0.4, 0.5) is 10.2 Å². The summed E-state index contributed by atoms with van der Waals surface area (Å²) in [5.74, 6) is 7.66. The molecule has 12 heteroatoms. The van der Waals surface area contributed by atoms with Crippen LogP contribution in [0.15, 0.2) is 66.9 Å². The highest BCUT2D eigenvalue weighted by Gasteiger charge is 2.30. The number of likely N-dealkylation sites (tertiary alicyclic amines) is 1. The second-order valence-corrected chi connectivity index (χ2v) is 12.9. The van der Waals surface area contributed by atoms with E-state index in [1.807, 2.05) is 52.1 Å². The first-order chi connectivity index (χ1) is 23.9. The van der Waals surface area contributed by atoms with E-state index >= 15 is 4.39 Å². The number of nitrogens with zero attached hydrogens (tertiary/aromatic N) is 8. The summed E-state index contributed by atoms with van der Waals surface area (Å²) >= 11 is 0. The van der Waals surface area contributed by atoms with Crippen molar-refractivity contribution >= 4 is 22.9 Å². The molecule has 0 spiro atoms. The van der Waals surface area contributed by atoms with Gasteiger partial charge in [-0.05, 0) is 63.1 Å². The van der Waals surface area contributed by atoms with E-state index in [0.29, 0.717) is 48.1 Å². The lowest BCUT2D eigenvalue weighted by atomic mass is 10.0. The number of hydrogen-bond donors (Lipinski definition) is 1. The van der Waals surface area contributed by atoms with Crippen LogP contribution in [0.1, 0.15) is 31.4 Å². The van der Waals surface area contributed by atoms with E-state index in [4.69, 9.17) is 19.8 Å². The zero-order valence-corrected chi connectivity index (χ0v) is 27.6. The average molecular weight is 660 g/mol. The van der Waals surface area contributed by atoms with Crippen molar-refractivity contribution in [3.63, 3.8) is 0 Å². The van der Waals surface area contributed by atoms with Gasteiger partial charge in [-0.15, -0.1) is 5.10 Å². The summed E-state index contributed by atoms with van der Waals surface area (Å²) in [7, 11) is 2.14. The van der Waals surface area contributed by atoms with Crippen LogP contribution in [0.25, 0.3) is 34.1 Å². The van der Waals surface area contributed by atoms with E-state index in [1.54, 1.807) is 23.7 Å². The van der Waals surface area contributed by atoms with Crippen LogP contribution in [0.2, 0.25) is 0 Å². The van der Waals surface area contributed by atoms with Gasteiger partial charge in [0.2, 0.25) is 0 Å². The third kappa shape index (κ3) is 6.00. The summed E-state index contributed by atoms with van der Waals surface area (Å²) < 4.78 is 25.2. The maximum absolute atomic E-state index is 15.3. The first-order valence-corrected chi connectivity index (χ1v) is 16.8. The Balaban J connectivity index is 1.11. The molecule has 2 saturated heterocycles. The Morgan fingerprint density at radius 2 is 1.78 bits per heavy atom. The SMILES string of the molecule is CC#CC(=O)N1CCC(NC2COc3cc(-n4c(-c5ccccc5F)nc5ccc(-n6ccc(N7CCN(C)CC7)n6)nc54)ccc32)CC1. The average Bonchev–Trinajstić information content (AvgIpc) is 3.86. The van der Waals surface area contributed by atoms with Crippen molar-refractivity contribution in [1.29, 1.82) is 0 Å². The van der Waals surface area contributed by atoms with E-state index in [9.17, 15) is 4.79 Å². The smallest absolute Gasteiger partial charge is 0.298 e. The minimum atomic E-state index is -0.362. The molecule has 2 fully saturated rings. The van der Waals surface area contributed by atoms with Crippen molar-refractivity contribution < 1.29 is 13.9 Å². The van der Waals surface area contributed by atoms with E-state index in [1.165, 1.54) is 6.07 Å². The van der Waals surface area contributed by atoms with Gasteiger partial charge in [0.15, 0.2) is 17.3 Å². The number of piperidine rings is 1. The summed E-state index contributed by atoms with van der Waals surface area (Å²) in [6.07, 6.45) is 3.64. The predicted molar refractivity (Wildman–Crippen MR) is 186 cm³/mol. The summed E-state index contributed by atoms with van der Waals surface area (Å²) in [6.45, 7) is 7.38. The largest absolute Gasteiger partial charge is 0.491 e. The van der Waals surface area contributed by atoms with Crippen molar-refractivity contribution in [2.24, 2.45) is 0 Å². The predicted octanol–water partition coefficient (Wildman–Crippen LogP) is 4.20. The number of aromatic nitrogens is 5. The normalized spacial score (nSPS) is 18.3. The van der Waals surface area contributed by atoms with Crippen LogP contribution < -0.4 is 15.0 Å². The lowest BCUT2D eigenvalue weighted by Gasteiger charge is -2.32. The summed E-state index contributed by atoms with van der Waals surface area (Å²) in [4.78, 5) is 28.5. The van der Waals surface area contributed by atoms with Gasteiger partial charge in [-0.25, -0.2) is 19.0 Å². The van der Waals surface area contributed by atoms with E-state index in [2.05, 4.69) is 40.1 Å². The molecule has 1 unspecified atom stereocenters. The van der Waals surface area contributed by atoms with Crippen LogP contribution in [-0.2, 0) is 4.79 Å². The highest BCUT2D eigenvalue weighted by molar-refractivity contribution is 5.93. The fourth-order valence-corrected chi connectivity index (χ4v) is 6.98. The van der Waals surface area contributed by atoms with Gasteiger partial charge < -0.3 is 24.8 Å². The molecule has 1 atom stereocenters. The number of carbonyl (C=O) groups excluding carboxylic acids is 1. The highest BCUT2D eigenvalue weighted by atomic mass is 19.1. The summed E-state index contributed by atoms with van der Waals surface area (Å²) in [5, 5.41) is 8.61. The third-order valence-electron chi connectivity index (χ3n) is 9.73. The fourth-order valence-electron chi connectivity index (χ4n) is 6.98. The first kappa shape index (κ1) is 31.0. The molecule has 0 radical (unpaired) electrons. The van der Waals surface area contributed by atoms with Gasteiger partial charge >= 0.3 is 0 Å². The van der Waals surface area contributed by atoms with Gasteiger partial charge in [0.05, 0.1) is 17.3 Å². The molecule has 3 aliphatic heterocycles. The number of carbonyl (C=O) groups is 1. The maximum Gasteiger partial charge on any atom is 0.298 e. The highest BCUT2D eigenvalue weighted by Crippen LogP contribution is 2.37. The molecular formula is C37H38FN9O2. The molecule has 2 aromatic carbocycles. The number of anilines is 1. The van der Waals surface area contributed by atoms with Gasteiger partial charge in [0.25, 0.3) is 5.91 Å². The quantitative estimate of drug-likeness (QED) is 0.271. The number of amides is 1. The van der Waals surface area contributed by atoms with E-state index in [0.717, 1.165) is 61.8 Å². The molecule has 250 valence electrons. The van der Waals surface area contributed by atoms with Crippen molar-refractivity contribution in [2.45, 2.75) is 31.8 Å². The Kier molecular flexibility index (Phi) is 8.23. The van der Waals surface area contributed by atoms with Crippen molar-refractivity contribution in [2.75, 3.05) is 57.8 Å². The number of benzene rings is 2. The molecule has 49 heavy (non-hydrogen) atoms. The maximum atomic E-state index is 15.3. The van der Waals surface area contributed by atoms with Crippen LogP contribution in [0.3, 0.4) is 0 Å². The molecule has 0 saturated carbocycles. The Morgan fingerprint density at radius 3 is 2.57 bits per heavy atom. The monoisotopic (exact) mass is 659 g/mol. The molecule has 6 heterocycles. The van der Waals surface area contributed by atoms with Crippen LogP contribution >= 0.6 is 0 Å². The number of rotatable bonds is 6. The number of hydrogen-bond acceptors (Lipinski definition) is 8. The zero-order valence-electron chi connectivity index (χ0n) is 27.6. The lowest BCUT2D eigenvalue weighted by Crippen LogP contribution is -2.45. The first-order valence-electron chi connectivity index (χ1n) is 16.8. The van der Waals surface area contributed by atoms with Gasteiger partial charge in [-0.3, -0.25) is 9.36 Å². The third-order valence-corrected chi connectivity index (χ3v) is 9.73. The van der Waals surface area contributed by atoms with Gasteiger partial charge in [0, 0.05) is 69.2 Å². The second-order valence-electron chi connectivity index (χ2n) is 12.9. The minimum Gasteiger partial charge on any atom is -0.491 e. The van der Waals surface area contributed by atoms with Crippen LogP contribution in [0.5, 0.6) is 5.75 Å². The molecule has 1 amide bonds. The molecule has 0 aliphatic carbocycles. The molecule has 1 N–H and O–H groups in total. The number of halogens is 1. The second kappa shape index (κ2) is 13.0. The standard InChI is InChI=1S/C37H38FN9O2/c1-3-6-35(48)45-16-13-25(14-17-45)39-31-24-49-32-23-26(9-10-28(31)32)47-36(27-7-4-5-8-29(27)38)40-30-11-12-33(41-37(30)47)46-18-15-34(42-46)44-21-19-43(2)20-22-44/h4-5,7-12,15,18,23,25,31,39H,13-14,16-17,19-22,24H2,1-2H3. The van der Waals surface area contributed by atoms with E-state index in [-0.39, 0.29) is 23.8 Å². The zero-order chi connectivity index (χ0) is 33.5. The Bertz CT molecular complexity index is 2080. The molecule has 0 bridgehead atoms. The van der Waals surface area contributed by atoms with Crippen molar-refractivity contribution in [1.82, 2.24) is 39.4 Å². The van der Waals surface area contributed by atoms with Gasteiger partial charge in [-0.1, -0.05) is 24.1 Å². The number of fused-ring (bicyclic) bond motifs is 2. The summed E-state index contributed by atoms with van der Waals surface area (Å²) in [6, 6.07) is 18.9. The van der Waals surface area contributed by atoms with Crippen LogP contribution in [0, 0.1) is 17.7 Å². The molecule has 8 rings (SSSR count). The lowest BCUT2D eigenvalue weighted by molar-refractivity contribution is -0.126. The van der Waals surface area contributed by atoms with Crippen molar-refractivity contribution in [3.8, 4) is 40.5 Å². The van der Waals surface area contributed by atoms with Gasteiger partial charge in [-0.2, -0.15) is 0 Å². The minimum absolute atomic E-state index is 0.0244. The molecule has 5 aromatic rings. The van der Waals surface area contributed by atoms with E-state index < -0.39 is 0 Å². The number of piperazine rings is 1. The van der Waals surface area contributed by atoms with Crippen molar-refractivity contribution in [3.05, 3.63) is 78.2 Å². The Hall–Kier alpha value is -5.25. The number of pyridine rings is 1. The number of nitrogens with one attached hydrogen (secondary N) is 1. The number of ether oxygens (including phenoxy) is 1. The molecule has 3 aromatic heterocycles. The molecule has 11 nitrogen and oxygen atoms in total. The number of imidazole rings is 1. The topological polar surface area (TPSA) is 96.6 Å². The Labute approximate surface area is 284 Å². The number of likely N-dealkylation sites (N-methyl/N-ethyl adjacent to an activating group) is 1. The molecule has 3 aliphatic rings. The summed E-state index contributed by atoms with van der Waals surface area (Å²) in [5.41, 5.74) is 3.46. The molecular weight excluding hydrogens is 621 g/mol. The van der Waals surface area contributed by atoms with Gasteiger partial charge in [0.1, 0.15) is 29.5 Å². The van der Waals surface area contributed by atoms with Crippen LogP contribution in [-0.4, -0.2) is 99.0 Å².